The molecule has 1 aliphatic carbocycles. The average Bonchev–Trinajstić information content (AvgIpc) is 3.71. The number of nitrogens with one attached hydrogen (secondary N) is 4. The molecule has 1 saturated heterocycles. The van der Waals surface area contributed by atoms with Crippen molar-refractivity contribution in [3.63, 3.8) is 0 Å². The molecule has 1 heterocycles. The molecule has 1 aliphatic heterocycles. The minimum absolute atomic E-state index is 0.0690. The van der Waals surface area contributed by atoms with E-state index in [0.29, 0.717) is 45.6 Å². The van der Waals surface area contributed by atoms with Gasteiger partial charge in [-0.05, 0) is 73.6 Å². The lowest BCUT2D eigenvalue weighted by molar-refractivity contribution is -0.324. The van der Waals surface area contributed by atoms with Crippen molar-refractivity contribution in [2.75, 3.05) is 65.9 Å². The van der Waals surface area contributed by atoms with Gasteiger partial charge in [0.25, 0.3) is 0 Å². The Kier molecular flexibility index (Phi) is 23.0. The fourth-order valence-corrected chi connectivity index (χ4v) is 6.44. The van der Waals surface area contributed by atoms with E-state index in [4.69, 9.17) is 34.0 Å². The van der Waals surface area contributed by atoms with Gasteiger partial charge in [-0.25, -0.2) is 4.79 Å². The van der Waals surface area contributed by atoms with Crippen LogP contribution in [0.4, 0.5) is 4.79 Å². The fraction of sp³-hybridized carbons (Fsp3) is 0.868. The van der Waals surface area contributed by atoms with Crippen LogP contribution >= 0.6 is 0 Å². The molecular weight excluding hydrogens is 748 g/mol. The van der Waals surface area contributed by atoms with Gasteiger partial charge in [-0.3, -0.25) is 14.6 Å². The van der Waals surface area contributed by atoms with Gasteiger partial charge in [0.1, 0.15) is 41.7 Å². The number of aliphatic hydroxyl groups is 4. The average molecular weight is 819 g/mol. The monoisotopic (exact) mass is 819 g/mol. The van der Waals surface area contributed by atoms with E-state index in [1.165, 1.54) is 5.01 Å². The molecule has 19 heteroatoms. The number of nitrogens with zero attached hydrogens (tertiary/aromatic N) is 2. The summed E-state index contributed by atoms with van der Waals surface area (Å²) in [5.74, 6) is -0.444. The Labute approximate surface area is 336 Å². The molecule has 3 amide bonds. The number of amides is 3. The quantitative estimate of drug-likeness (QED) is 0.0252. The third kappa shape index (κ3) is 18.2. The van der Waals surface area contributed by atoms with E-state index in [2.05, 4.69) is 21.2 Å². The van der Waals surface area contributed by atoms with Crippen LogP contribution in [0.1, 0.15) is 86.5 Å². The summed E-state index contributed by atoms with van der Waals surface area (Å²) in [5.41, 5.74) is 5.98. The summed E-state index contributed by atoms with van der Waals surface area (Å²) < 4.78 is 33.7. The van der Waals surface area contributed by atoms with Gasteiger partial charge in [0.2, 0.25) is 11.8 Å². The Balaban J connectivity index is 1.65. The number of unbranched alkanes of at least 4 members (excludes halogenated alkanes) is 1. The Morgan fingerprint density at radius 1 is 0.912 bits per heavy atom. The summed E-state index contributed by atoms with van der Waals surface area (Å²) in [5, 5.41) is 53.9. The summed E-state index contributed by atoms with van der Waals surface area (Å²) >= 11 is 0. The van der Waals surface area contributed by atoms with Crippen molar-refractivity contribution in [1.82, 2.24) is 21.0 Å². The van der Waals surface area contributed by atoms with Gasteiger partial charge in [0.05, 0.1) is 58.8 Å². The SMILES string of the molecule is C/C=C\[C@@](C)(O[C@@H]1O[C@H](CO)[C@@H](O)[C@H](O)[C@H]1O)C(C)N(CCOCCOCCOCCNC(=O)[C@H](CCCCNC(=O)OC(C)(C)C)NC(=O)C1CCCC1)N=N. The number of alkyl carbamates (subject to hydrolysis) is 1. The zero-order chi connectivity index (χ0) is 42.4. The molecule has 0 spiro atoms. The standard InChI is InChI=1S/C38H70N6O13/c1-7-15-38(6,56-35-32(48)31(47)30(46)29(25-45)55-35)26(2)44(43-39)18-20-53-22-24-54-23-21-52-19-17-40-34(50)28(42-33(49)27-12-8-9-13-27)14-10-11-16-41-36(51)57-37(3,4)5/h7,15,26-32,35,39,45-48H,8-14,16-25H2,1-6H3,(H,40,50)(H,41,51)(H,42,49)/b15-7-,43-39?/t26?,28-,29+,30+,31-,32+,35-,38+/m0/s1. The highest BCUT2D eigenvalue weighted by Gasteiger charge is 2.47. The zero-order valence-electron chi connectivity index (χ0n) is 34.7. The maximum atomic E-state index is 13.0. The summed E-state index contributed by atoms with van der Waals surface area (Å²) in [4.78, 5) is 37.7. The Morgan fingerprint density at radius 3 is 2.14 bits per heavy atom. The molecule has 2 fully saturated rings. The van der Waals surface area contributed by atoms with Crippen molar-refractivity contribution < 1.29 is 63.2 Å². The lowest BCUT2D eigenvalue weighted by atomic mass is 9.94. The molecule has 0 aromatic heterocycles. The molecule has 2 rings (SSSR count). The van der Waals surface area contributed by atoms with Gasteiger partial charge in [-0.15, -0.1) is 0 Å². The van der Waals surface area contributed by atoms with Crippen molar-refractivity contribution >= 4 is 17.9 Å². The maximum absolute atomic E-state index is 13.0. The second-order valence-corrected chi connectivity index (χ2v) is 15.5. The van der Waals surface area contributed by atoms with Crippen molar-refractivity contribution in [3.8, 4) is 0 Å². The third-order valence-electron chi connectivity index (χ3n) is 9.82. The molecule has 8 atom stereocenters. The summed E-state index contributed by atoms with van der Waals surface area (Å²) in [6.45, 7) is 12.5. The van der Waals surface area contributed by atoms with Gasteiger partial charge in [-0.1, -0.05) is 30.2 Å². The Bertz CT molecular complexity index is 1220. The van der Waals surface area contributed by atoms with Gasteiger partial charge >= 0.3 is 6.09 Å². The molecule has 2 aliphatic rings. The van der Waals surface area contributed by atoms with Crippen molar-refractivity contribution in [2.45, 2.75) is 140 Å². The normalized spacial score (nSPS) is 23.7. The second kappa shape index (κ2) is 26.2. The minimum atomic E-state index is -1.59. The van der Waals surface area contributed by atoms with Crippen LogP contribution in [0.3, 0.4) is 0 Å². The number of aliphatic hydroxyl groups excluding tert-OH is 4. The number of hydrogen-bond acceptors (Lipinski definition) is 15. The van der Waals surface area contributed by atoms with E-state index in [0.717, 1.165) is 25.7 Å². The van der Waals surface area contributed by atoms with E-state index in [1.807, 2.05) is 0 Å². The van der Waals surface area contributed by atoms with Crippen LogP contribution in [0.15, 0.2) is 17.4 Å². The van der Waals surface area contributed by atoms with E-state index < -0.39 is 66.7 Å². The van der Waals surface area contributed by atoms with Crippen LogP contribution in [-0.2, 0) is 38.0 Å². The van der Waals surface area contributed by atoms with Crippen molar-refractivity contribution in [1.29, 1.82) is 5.53 Å². The topological polar surface area (TPSA) is 263 Å². The molecule has 0 radical (unpaired) electrons. The molecule has 330 valence electrons. The number of carbonyl (C=O) groups is 3. The molecule has 0 bridgehead atoms. The minimum Gasteiger partial charge on any atom is -0.444 e. The lowest BCUT2D eigenvalue weighted by Gasteiger charge is -2.45. The summed E-state index contributed by atoms with van der Waals surface area (Å²) in [6, 6.07) is -1.25. The fourth-order valence-electron chi connectivity index (χ4n) is 6.44. The molecule has 0 aromatic rings. The summed E-state index contributed by atoms with van der Waals surface area (Å²) in [6.07, 6.45) is 1.09. The van der Waals surface area contributed by atoms with Crippen LogP contribution in [0.25, 0.3) is 0 Å². The first kappa shape index (κ1) is 50.1. The lowest BCUT2D eigenvalue weighted by Crippen LogP contribution is -2.62. The molecule has 57 heavy (non-hydrogen) atoms. The van der Waals surface area contributed by atoms with E-state index in [1.54, 1.807) is 53.7 Å². The molecule has 1 saturated carbocycles. The number of hydrogen-bond donors (Lipinski definition) is 8. The van der Waals surface area contributed by atoms with Crippen LogP contribution in [0.5, 0.6) is 0 Å². The number of allylic oxidation sites excluding steroid dienone is 1. The highest BCUT2D eigenvalue weighted by molar-refractivity contribution is 5.88. The van der Waals surface area contributed by atoms with Crippen LogP contribution in [0, 0.1) is 11.4 Å². The summed E-state index contributed by atoms with van der Waals surface area (Å²) in [7, 11) is 0. The zero-order valence-corrected chi connectivity index (χ0v) is 34.7. The Morgan fingerprint density at radius 2 is 1.54 bits per heavy atom. The second-order valence-electron chi connectivity index (χ2n) is 15.5. The van der Waals surface area contributed by atoms with Crippen LogP contribution < -0.4 is 16.0 Å². The van der Waals surface area contributed by atoms with Crippen molar-refractivity contribution in [3.05, 3.63) is 12.2 Å². The molecule has 0 aromatic carbocycles. The largest absolute Gasteiger partial charge is 0.444 e. The van der Waals surface area contributed by atoms with E-state index >= 15 is 0 Å². The third-order valence-corrected chi connectivity index (χ3v) is 9.82. The van der Waals surface area contributed by atoms with E-state index in [-0.39, 0.29) is 50.6 Å². The van der Waals surface area contributed by atoms with Crippen LogP contribution in [-0.4, -0.2) is 163 Å². The smallest absolute Gasteiger partial charge is 0.407 e. The first-order chi connectivity index (χ1) is 27.1. The maximum Gasteiger partial charge on any atom is 0.407 e. The first-order valence-electron chi connectivity index (χ1n) is 20.1. The Hall–Kier alpha value is -3.01. The predicted octanol–water partition coefficient (Wildman–Crippen LogP) is 1.31. The van der Waals surface area contributed by atoms with Gasteiger partial charge < -0.3 is 64.8 Å². The highest BCUT2D eigenvalue weighted by Crippen LogP contribution is 2.30. The first-order valence-corrected chi connectivity index (χ1v) is 20.1. The van der Waals surface area contributed by atoms with Gasteiger partial charge in [0, 0.05) is 19.0 Å². The van der Waals surface area contributed by atoms with Crippen LogP contribution in [0.2, 0.25) is 0 Å². The van der Waals surface area contributed by atoms with Crippen molar-refractivity contribution in [2.24, 2.45) is 11.1 Å². The number of ether oxygens (including phenoxy) is 6. The molecule has 8 N–H and O–H groups in total. The van der Waals surface area contributed by atoms with Gasteiger partial charge in [0.15, 0.2) is 6.29 Å². The number of carbonyl (C=O) groups excluding carboxylic acids is 3. The van der Waals surface area contributed by atoms with E-state index in [9.17, 15) is 34.8 Å². The predicted molar refractivity (Wildman–Crippen MR) is 207 cm³/mol. The molecule has 1 unspecified atom stereocenters. The molecular formula is C38H70N6O13. The number of rotatable bonds is 27. The van der Waals surface area contributed by atoms with Gasteiger partial charge in [-0.2, -0.15) is 5.53 Å². The highest BCUT2D eigenvalue weighted by atomic mass is 16.7. The molecule has 19 nitrogen and oxygen atoms in total.